The number of β-amino-alcohol motifs (C(OH)–C–C–N with tert-alkyl or cyclic N) is 1. The summed E-state index contributed by atoms with van der Waals surface area (Å²) in [6.07, 6.45) is 0.180. The number of anilines is 2. The Morgan fingerprint density at radius 1 is 1.30 bits per heavy atom. The van der Waals surface area contributed by atoms with Gasteiger partial charge in [0.1, 0.15) is 5.75 Å². The number of aliphatic hydroxyl groups excluding tert-OH is 1. The first kappa shape index (κ1) is 15.4. The van der Waals surface area contributed by atoms with Crippen LogP contribution in [0.25, 0.3) is 0 Å². The third-order valence-electron chi connectivity index (χ3n) is 3.91. The van der Waals surface area contributed by atoms with Crippen molar-refractivity contribution < 1.29 is 14.6 Å². The van der Waals surface area contributed by atoms with Gasteiger partial charge in [0.05, 0.1) is 19.8 Å². The summed E-state index contributed by atoms with van der Waals surface area (Å²) in [4.78, 5) is 14.2. The minimum absolute atomic E-state index is 0.123. The molecule has 1 amide bonds. The molecule has 0 fully saturated rings. The van der Waals surface area contributed by atoms with E-state index >= 15 is 0 Å². The summed E-state index contributed by atoms with van der Waals surface area (Å²) in [6, 6.07) is 15.1. The lowest BCUT2D eigenvalue weighted by Crippen LogP contribution is -2.42. The van der Waals surface area contributed by atoms with Crippen LogP contribution in [-0.4, -0.2) is 37.3 Å². The molecule has 2 N–H and O–H groups in total. The van der Waals surface area contributed by atoms with Crippen molar-refractivity contribution in [3.63, 3.8) is 0 Å². The first-order valence-electron chi connectivity index (χ1n) is 7.60. The predicted octanol–water partition coefficient (Wildman–Crippen LogP) is 2.06. The van der Waals surface area contributed by atoms with Gasteiger partial charge in [-0.3, -0.25) is 4.79 Å². The second kappa shape index (κ2) is 6.71. The number of hydrogen-bond donors (Lipinski definition) is 2. The second-order valence-electron chi connectivity index (χ2n) is 5.65. The smallest absolute Gasteiger partial charge is 0.243 e. The molecule has 3 rings (SSSR count). The van der Waals surface area contributed by atoms with Gasteiger partial charge in [-0.15, -0.1) is 0 Å². The molecule has 5 nitrogen and oxygen atoms in total. The number of benzene rings is 2. The molecule has 2 aromatic rings. The first-order chi connectivity index (χ1) is 11.2. The number of carbonyl (C=O) groups excluding carboxylic acids is 1. The van der Waals surface area contributed by atoms with Gasteiger partial charge in [-0.25, -0.2) is 0 Å². The van der Waals surface area contributed by atoms with Crippen molar-refractivity contribution in [2.24, 2.45) is 0 Å². The Bertz CT molecular complexity index is 702. The molecular weight excluding hydrogens is 292 g/mol. The zero-order chi connectivity index (χ0) is 16.2. The Labute approximate surface area is 135 Å². The molecule has 0 aliphatic carbocycles. The van der Waals surface area contributed by atoms with Gasteiger partial charge in [-0.2, -0.15) is 0 Å². The molecule has 0 saturated carbocycles. The normalized spacial score (nSPS) is 16.6. The van der Waals surface area contributed by atoms with E-state index in [9.17, 15) is 9.90 Å². The Kier molecular flexibility index (Phi) is 4.48. The Balaban J connectivity index is 1.70. The van der Waals surface area contributed by atoms with Crippen molar-refractivity contribution in [1.29, 1.82) is 0 Å². The van der Waals surface area contributed by atoms with Crippen molar-refractivity contribution in [3.8, 4) is 5.75 Å². The van der Waals surface area contributed by atoms with E-state index < -0.39 is 6.10 Å². The van der Waals surface area contributed by atoms with E-state index in [1.54, 1.807) is 13.2 Å². The highest BCUT2D eigenvalue weighted by Gasteiger charge is 2.24. The SMILES string of the molecule is COc1cccc(NC(=O)CN2CC(O)Cc3ccccc32)c1. The minimum Gasteiger partial charge on any atom is -0.497 e. The summed E-state index contributed by atoms with van der Waals surface area (Å²) in [5.41, 5.74) is 2.78. The molecule has 5 heteroatoms. The van der Waals surface area contributed by atoms with Crippen molar-refractivity contribution in [1.82, 2.24) is 0 Å². The number of rotatable bonds is 4. The summed E-state index contributed by atoms with van der Waals surface area (Å²) in [5.74, 6) is 0.573. The Morgan fingerprint density at radius 3 is 2.96 bits per heavy atom. The number of ether oxygens (including phenoxy) is 1. The number of fused-ring (bicyclic) bond motifs is 1. The van der Waals surface area contributed by atoms with E-state index in [-0.39, 0.29) is 12.5 Å². The summed E-state index contributed by atoms with van der Waals surface area (Å²) in [5, 5.41) is 12.9. The van der Waals surface area contributed by atoms with Crippen LogP contribution in [-0.2, 0) is 11.2 Å². The number of aliphatic hydroxyl groups is 1. The molecule has 0 spiro atoms. The van der Waals surface area contributed by atoms with E-state index in [1.807, 2.05) is 47.4 Å². The fourth-order valence-corrected chi connectivity index (χ4v) is 2.89. The third kappa shape index (κ3) is 3.63. The zero-order valence-corrected chi connectivity index (χ0v) is 13.0. The van der Waals surface area contributed by atoms with Crippen LogP contribution >= 0.6 is 0 Å². The standard InChI is InChI=1S/C18H20N2O3/c1-23-16-7-4-6-14(10-16)19-18(22)12-20-11-15(21)9-13-5-2-3-8-17(13)20/h2-8,10,15,21H,9,11-12H2,1H3,(H,19,22). The number of nitrogens with one attached hydrogen (secondary N) is 1. The molecule has 1 aliphatic rings. The summed E-state index contributed by atoms with van der Waals surface area (Å²) in [6.45, 7) is 0.661. The molecule has 1 aliphatic heterocycles. The van der Waals surface area contributed by atoms with Crippen LogP contribution in [0.15, 0.2) is 48.5 Å². The summed E-state index contributed by atoms with van der Waals surface area (Å²) >= 11 is 0. The summed E-state index contributed by atoms with van der Waals surface area (Å²) in [7, 11) is 1.59. The van der Waals surface area contributed by atoms with E-state index in [1.165, 1.54) is 0 Å². The molecule has 23 heavy (non-hydrogen) atoms. The van der Waals surface area contributed by atoms with Crippen LogP contribution < -0.4 is 15.0 Å². The molecule has 1 heterocycles. The van der Waals surface area contributed by atoms with Crippen LogP contribution in [0, 0.1) is 0 Å². The lowest BCUT2D eigenvalue weighted by Gasteiger charge is -2.33. The highest BCUT2D eigenvalue weighted by Crippen LogP contribution is 2.26. The van der Waals surface area contributed by atoms with Gasteiger partial charge < -0.3 is 20.1 Å². The quantitative estimate of drug-likeness (QED) is 0.907. The predicted molar refractivity (Wildman–Crippen MR) is 90.0 cm³/mol. The van der Waals surface area contributed by atoms with E-state index in [2.05, 4.69) is 5.32 Å². The van der Waals surface area contributed by atoms with Gasteiger partial charge in [-0.1, -0.05) is 24.3 Å². The van der Waals surface area contributed by atoms with Gasteiger partial charge in [-0.05, 0) is 23.8 Å². The van der Waals surface area contributed by atoms with Gasteiger partial charge in [0, 0.05) is 30.4 Å². The highest BCUT2D eigenvalue weighted by molar-refractivity contribution is 5.94. The number of methoxy groups -OCH3 is 1. The minimum atomic E-state index is -0.450. The largest absolute Gasteiger partial charge is 0.497 e. The van der Waals surface area contributed by atoms with Gasteiger partial charge >= 0.3 is 0 Å². The molecule has 0 bridgehead atoms. The molecule has 0 radical (unpaired) electrons. The van der Waals surface area contributed by atoms with Crippen LogP contribution in [0.1, 0.15) is 5.56 Å². The maximum absolute atomic E-state index is 12.3. The molecule has 0 saturated heterocycles. The number of hydrogen-bond acceptors (Lipinski definition) is 4. The monoisotopic (exact) mass is 312 g/mol. The van der Waals surface area contributed by atoms with E-state index in [0.717, 1.165) is 11.3 Å². The molecular formula is C18H20N2O3. The number of para-hydroxylation sites is 1. The van der Waals surface area contributed by atoms with E-state index in [0.29, 0.717) is 24.4 Å². The number of amides is 1. The van der Waals surface area contributed by atoms with Gasteiger partial charge in [0.25, 0.3) is 0 Å². The topological polar surface area (TPSA) is 61.8 Å². The average Bonchev–Trinajstić information content (AvgIpc) is 2.54. The van der Waals surface area contributed by atoms with E-state index in [4.69, 9.17) is 4.74 Å². The summed E-state index contributed by atoms with van der Waals surface area (Å²) < 4.78 is 5.15. The van der Waals surface area contributed by atoms with Crippen LogP contribution in [0.3, 0.4) is 0 Å². The van der Waals surface area contributed by atoms with Gasteiger partial charge in [0.2, 0.25) is 5.91 Å². The highest BCUT2D eigenvalue weighted by atomic mass is 16.5. The lowest BCUT2D eigenvalue weighted by atomic mass is 10.00. The van der Waals surface area contributed by atoms with Crippen molar-refractivity contribution >= 4 is 17.3 Å². The van der Waals surface area contributed by atoms with Crippen LogP contribution in [0.4, 0.5) is 11.4 Å². The molecule has 120 valence electrons. The average molecular weight is 312 g/mol. The molecule has 1 unspecified atom stereocenters. The molecule has 1 atom stereocenters. The maximum Gasteiger partial charge on any atom is 0.243 e. The van der Waals surface area contributed by atoms with Crippen LogP contribution in [0.5, 0.6) is 5.75 Å². The Hall–Kier alpha value is -2.53. The number of carbonyl (C=O) groups is 1. The second-order valence-corrected chi connectivity index (χ2v) is 5.65. The first-order valence-corrected chi connectivity index (χ1v) is 7.60. The van der Waals surface area contributed by atoms with Crippen molar-refractivity contribution in [3.05, 3.63) is 54.1 Å². The number of nitrogens with zero attached hydrogens (tertiary/aromatic N) is 1. The fraction of sp³-hybridized carbons (Fsp3) is 0.278. The lowest BCUT2D eigenvalue weighted by molar-refractivity contribution is -0.115. The zero-order valence-electron chi connectivity index (χ0n) is 13.0. The fourth-order valence-electron chi connectivity index (χ4n) is 2.89. The van der Waals surface area contributed by atoms with Crippen molar-refractivity contribution in [2.45, 2.75) is 12.5 Å². The van der Waals surface area contributed by atoms with Gasteiger partial charge in [0.15, 0.2) is 0 Å². The molecule has 0 aromatic heterocycles. The Morgan fingerprint density at radius 2 is 2.13 bits per heavy atom. The third-order valence-corrected chi connectivity index (χ3v) is 3.91. The van der Waals surface area contributed by atoms with Crippen molar-refractivity contribution in [2.75, 3.05) is 30.4 Å². The molecule has 2 aromatic carbocycles. The van der Waals surface area contributed by atoms with Crippen LogP contribution in [0.2, 0.25) is 0 Å². The maximum atomic E-state index is 12.3.